The molecule has 1 amide bonds. The maximum atomic E-state index is 12.4. The number of likely N-dealkylation sites (tertiary alicyclic amines) is 1. The van der Waals surface area contributed by atoms with Gasteiger partial charge in [0.15, 0.2) is 6.61 Å². The molecule has 2 fully saturated rings. The highest BCUT2D eigenvalue weighted by molar-refractivity contribution is 5.78. The van der Waals surface area contributed by atoms with Crippen LogP contribution in [0.15, 0.2) is 54.6 Å². The second kappa shape index (κ2) is 8.15. The Hall–Kier alpha value is -3.02. The number of carbonyl (C=O) groups is 2. The fraction of sp³-hybridized carbons (Fsp3) is 0.391. The molecule has 2 aromatic carbocycles. The number of piperidine rings is 1. The van der Waals surface area contributed by atoms with Crippen molar-refractivity contribution in [2.75, 3.05) is 19.7 Å². The third-order valence-electron chi connectivity index (χ3n) is 6.03. The fourth-order valence-corrected chi connectivity index (χ4v) is 4.06. The van der Waals surface area contributed by atoms with Crippen molar-refractivity contribution in [3.63, 3.8) is 0 Å². The summed E-state index contributed by atoms with van der Waals surface area (Å²) < 4.78 is 11.4. The first kappa shape index (κ1) is 19.3. The number of carboxylic acids is 1. The molecule has 2 aromatic rings. The molecule has 4 rings (SSSR count). The van der Waals surface area contributed by atoms with E-state index in [2.05, 4.69) is 0 Å². The second-order valence-corrected chi connectivity index (χ2v) is 7.87. The van der Waals surface area contributed by atoms with Crippen molar-refractivity contribution >= 4 is 11.9 Å². The smallest absolute Gasteiger partial charge is 0.307 e. The van der Waals surface area contributed by atoms with Gasteiger partial charge >= 0.3 is 5.97 Å². The molecule has 0 aromatic heterocycles. The van der Waals surface area contributed by atoms with Crippen molar-refractivity contribution in [3.8, 4) is 11.5 Å². The molecule has 1 N–H and O–H groups in total. The SMILES string of the molecule is O=C(O)C1CC12CCN(C(=O)COc1ccc(OCc3ccccc3)cc1)CC2. The van der Waals surface area contributed by atoms with Crippen LogP contribution < -0.4 is 9.47 Å². The lowest BCUT2D eigenvalue weighted by Crippen LogP contribution is -2.42. The van der Waals surface area contributed by atoms with Crippen LogP contribution in [0.4, 0.5) is 0 Å². The maximum Gasteiger partial charge on any atom is 0.307 e. The van der Waals surface area contributed by atoms with Gasteiger partial charge in [-0.3, -0.25) is 9.59 Å². The van der Waals surface area contributed by atoms with Gasteiger partial charge in [-0.05, 0) is 54.5 Å². The third kappa shape index (κ3) is 4.53. The molecule has 1 atom stereocenters. The predicted molar refractivity (Wildman–Crippen MR) is 107 cm³/mol. The molecule has 1 aliphatic heterocycles. The number of rotatable bonds is 7. The van der Waals surface area contributed by atoms with Crippen molar-refractivity contribution in [2.45, 2.75) is 25.9 Å². The molecule has 6 nitrogen and oxygen atoms in total. The van der Waals surface area contributed by atoms with Crippen LogP contribution in [0.2, 0.25) is 0 Å². The van der Waals surface area contributed by atoms with Gasteiger partial charge in [0.05, 0.1) is 5.92 Å². The molecule has 29 heavy (non-hydrogen) atoms. The van der Waals surface area contributed by atoms with E-state index in [1.807, 2.05) is 42.5 Å². The Labute approximate surface area is 170 Å². The lowest BCUT2D eigenvalue weighted by Gasteiger charge is -2.32. The summed E-state index contributed by atoms with van der Waals surface area (Å²) in [5, 5.41) is 9.16. The lowest BCUT2D eigenvalue weighted by atomic mass is 9.91. The van der Waals surface area contributed by atoms with E-state index in [1.54, 1.807) is 17.0 Å². The van der Waals surface area contributed by atoms with Crippen LogP contribution in [0.3, 0.4) is 0 Å². The number of ether oxygens (including phenoxy) is 2. The van der Waals surface area contributed by atoms with E-state index >= 15 is 0 Å². The van der Waals surface area contributed by atoms with E-state index in [9.17, 15) is 9.59 Å². The monoisotopic (exact) mass is 395 g/mol. The van der Waals surface area contributed by atoms with Crippen LogP contribution >= 0.6 is 0 Å². The van der Waals surface area contributed by atoms with Crippen molar-refractivity contribution in [2.24, 2.45) is 11.3 Å². The highest BCUT2D eigenvalue weighted by Crippen LogP contribution is 2.59. The van der Waals surface area contributed by atoms with Gasteiger partial charge in [-0.15, -0.1) is 0 Å². The summed E-state index contributed by atoms with van der Waals surface area (Å²) in [6.07, 6.45) is 2.28. The largest absolute Gasteiger partial charge is 0.489 e. The topological polar surface area (TPSA) is 76.1 Å². The van der Waals surface area contributed by atoms with Crippen molar-refractivity contribution < 1.29 is 24.2 Å². The zero-order chi connectivity index (χ0) is 20.3. The molecule has 1 spiro atoms. The van der Waals surface area contributed by atoms with Crippen molar-refractivity contribution in [3.05, 3.63) is 60.2 Å². The predicted octanol–water partition coefficient (Wildman–Crippen LogP) is 3.36. The van der Waals surface area contributed by atoms with Crippen LogP contribution in [0, 0.1) is 11.3 Å². The van der Waals surface area contributed by atoms with E-state index in [0.29, 0.717) is 25.4 Å². The average molecular weight is 395 g/mol. The molecule has 6 heteroatoms. The van der Waals surface area contributed by atoms with Gasteiger partial charge in [0, 0.05) is 13.1 Å². The van der Waals surface area contributed by atoms with Gasteiger partial charge in [-0.1, -0.05) is 30.3 Å². The Morgan fingerprint density at radius 1 is 0.966 bits per heavy atom. The molecule has 0 radical (unpaired) electrons. The summed E-state index contributed by atoms with van der Waals surface area (Å²) in [5.41, 5.74) is 1.03. The number of carboxylic acid groups (broad SMARTS) is 1. The Balaban J connectivity index is 1.20. The van der Waals surface area contributed by atoms with Crippen LogP contribution in [-0.2, 0) is 16.2 Å². The molecular weight excluding hydrogens is 370 g/mol. The van der Waals surface area contributed by atoms with Crippen LogP contribution in [0.1, 0.15) is 24.8 Å². The van der Waals surface area contributed by atoms with Crippen LogP contribution in [0.5, 0.6) is 11.5 Å². The second-order valence-electron chi connectivity index (χ2n) is 7.87. The van der Waals surface area contributed by atoms with E-state index in [1.165, 1.54) is 0 Å². The maximum absolute atomic E-state index is 12.4. The van der Waals surface area contributed by atoms with E-state index in [-0.39, 0.29) is 23.8 Å². The molecular formula is C23H25NO5. The molecule has 1 aliphatic carbocycles. The quantitative estimate of drug-likeness (QED) is 0.778. The molecule has 1 unspecified atom stereocenters. The first-order valence-electron chi connectivity index (χ1n) is 9.96. The van der Waals surface area contributed by atoms with Crippen LogP contribution in [0.25, 0.3) is 0 Å². The van der Waals surface area contributed by atoms with Gasteiger partial charge in [-0.25, -0.2) is 0 Å². The minimum Gasteiger partial charge on any atom is -0.489 e. The van der Waals surface area contributed by atoms with Gasteiger partial charge in [0.25, 0.3) is 5.91 Å². The number of amides is 1. The van der Waals surface area contributed by atoms with Gasteiger partial charge in [0.1, 0.15) is 18.1 Å². The molecule has 1 saturated carbocycles. The summed E-state index contributed by atoms with van der Waals surface area (Å²) in [5.74, 6) is 0.373. The Morgan fingerprint density at radius 3 is 2.17 bits per heavy atom. The number of nitrogens with zero attached hydrogens (tertiary/aromatic N) is 1. The van der Waals surface area contributed by atoms with Crippen molar-refractivity contribution in [1.29, 1.82) is 0 Å². The minimum atomic E-state index is -0.704. The summed E-state index contributed by atoms with van der Waals surface area (Å²) in [6.45, 7) is 1.70. The first-order valence-corrected chi connectivity index (χ1v) is 9.96. The highest BCUT2D eigenvalue weighted by atomic mass is 16.5. The number of carbonyl (C=O) groups excluding carboxylic acids is 1. The Bertz CT molecular complexity index is 857. The number of benzene rings is 2. The summed E-state index contributed by atoms with van der Waals surface area (Å²) in [7, 11) is 0. The standard InChI is InChI=1S/C23H25NO5/c25-21(24-12-10-23(11-13-24)14-20(23)22(26)27)16-29-19-8-6-18(7-9-19)28-15-17-4-2-1-3-5-17/h1-9,20H,10-16H2,(H,26,27). The average Bonchev–Trinajstić information content (AvgIpc) is 3.46. The molecule has 152 valence electrons. The third-order valence-corrected chi connectivity index (χ3v) is 6.03. The first-order chi connectivity index (χ1) is 14.1. The van der Waals surface area contributed by atoms with Gasteiger partial charge in [-0.2, -0.15) is 0 Å². The minimum absolute atomic E-state index is 0.0143. The normalized spacial score (nSPS) is 19.6. The van der Waals surface area contributed by atoms with Gasteiger partial charge < -0.3 is 19.5 Å². The Kier molecular flexibility index (Phi) is 5.43. The zero-order valence-corrected chi connectivity index (χ0v) is 16.3. The molecule has 1 saturated heterocycles. The van der Waals surface area contributed by atoms with Gasteiger partial charge in [0.2, 0.25) is 0 Å². The molecule has 0 bridgehead atoms. The summed E-state index contributed by atoms with van der Waals surface area (Å²) in [6, 6.07) is 17.2. The molecule has 2 aliphatic rings. The lowest BCUT2D eigenvalue weighted by molar-refractivity contribution is -0.140. The van der Waals surface area contributed by atoms with E-state index < -0.39 is 5.97 Å². The molecule has 1 heterocycles. The van der Waals surface area contributed by atoms with E-state index in [0.717, 1.165) is 30.6 Å². The fourth-order valence-electron chi connectivity index (χ4n) is 4.06. The number of hydrogen-bond donors (Lipinski definition) is 1. The zero-order valence-electron chi connectivity index (χ0n) is 16.3. The number of hydrogen-bond acceptors (Lipinski definition) is 4. The Morgan fingerprint density at radius 2 is 1.59 bits per heavy atom. The number of aliphatic carboxylic acids is 1. The summed E-state index contributed by atoms with van der Waals surface area (Å²) >= 11 is 0. The van der Waals surface area contributed by atoms with Crippen molar-refractivity contribution in [1.82, 2.24) is 4.90 Å². The summed E-state index contributed by atoms with van der Waals surface area (Å²) in [4.78, 5) is 25.3. The van der Waals surface area contributed by atoms with E-state index in [4.69, 9.17) is 14.6 Å². The highest BCUT2D eigenvalue weighted by Gasteiger charge is 2.59. The van der Waals surface area contributed by atoms with Crippen LogP contribution in [-0.4, -0.2) is 41.6 Å².